The molecule has 0 saturated heterocycles. The van der Waals surface area contributed by atoms with Crippen LogP contribution in [0.5, 0.6) is 5.75 Å². The second-order valence-corrected chi connectivity index (χ2v) is 6.49. The lowest BCUT2D eigenvalue weighted by Crippen LogP contribution is -2.09. The summed E-state index contributed by atoms with van der Waals surface area (Å²) in [5, 5.41) is 7.72. The molecule has 1 amide bonds. The Morgan fingerprint density at radius 2 is 2.07 bits per heavy atom. The predicted molar refractivity (Wildman–Crippen MR) is 108 cm³/mol. The number of nitrogens with zero attached hydrogens (tertiary/aromatic N) is 2. The highest BCUT2D eigenvalue weighted by Gasteiger charge is 2.09. The van der Waals surface area contributed by atoms with Gasteiger partial charge in [-0.1, -0.05) is 41.9 Å². The van der Waals surface area contributed by atoms with E-state index in [0.717, 1.165) is 11.1 Å². The van der Waals surface area contributed by atoms with E-state index in [-0.39, 0.29) is 5.91 Å². The number of carbonyl (C=O) groups excluding carboxylic acids is 1. The van der Waals surface area contributed by atoms with Gasteiger partial charge in [0.25, 0.3) is 0 Å². The van der Waals surface area contributed by atoms with Crippen molar-refractivity contribution in [2.24, 2.45) is 0 Å². The van der Waals surface area contributed by atoms with Crippen molar-refractivity contribution in [2.45, 2.75) is 13.5 Å². The topological polar surface area (TPSA) is 56.1 Å². The molecule has 3 aromatic rings. The van der Waals surface area contributed by atoms with Crippen LogP contribution in [0.4, 0.5) is 5.69 Å². The number of amides is 1. The Hall–Kier alpha value is -3.05. The Morgan fingerprint density at radius 1 is 1.30 bits per heavy atom. The molecule has 0 aliphatic heterocycles. The van der Waals surface area contributed by atoms with Crippen LogP contribution in [0.15, 0.2) is 60.9 Å². The number of hydrogen-bond donors (Lipinski definition) is 1. The van der Waals surface area contributed by atoms with Crippen molar-refractivity contribution in [1.82, 2.24) is 9.78 Å². The zero-order chi connectivity index (χ0) is 19.2. The minimum absolute atomic E-state index is 0.258. The summed E-state index contributed by atoms with van der Waals surface area (Å²) >= 11 is 6.09. The van der Waals surface area contributed by atoms with Gasteiger partial charge in [0.1, 0.15) is 5.75 Å². The Kier molecular flexibility index (Phi) is 5.94. The lowest BCUT2D eigenvalue weighted by molar-refractivity contribution is -0.111. The number of aryl methyl sites for hydroxylation is 1. The summed E-state index contributed by atoms with van der Waals surface area (Å²) in [5.74, 6) is 0.258. The Balaban J connectivity index is 1.65. The van der Waals surface area contributed by atoms with Crippen LogP contribution < -0.4 is 10.1 Å². The maximum atomic E-state index is 12.2. The summed E-state index contributed by atoms with van der Waals surface area (Å²) in [4.78, 5) is 12.2. The Bertz CT molecular complexity index is 965. The number of halogens is 1. The first kappa shape index (κ1) is 18.7. The third-order valence-corrected chi connectivity index (χ3v) is 4.41. The zero-order valence-electron chi connectivity index (χ0n) is 15.1. The molecule has 0 bridgehead atoms. The van der Waals surface area contributed by atoms with E-state index in [4.69, 9.17) is 16.3 Å². The van der Waals surface area contributed by atoms with Crippen molar-refractivity contribution in [1.29, 1.82) is 0 Å². The molecule has 0 radical (unpaired) electrons. The smallest absolute Gasteiger partial charge is 0.248 e. The van der Waals surface area contributed by atoms with Gasteiger partial charge in [-0.3, -0.25) is 9.48 Å². The first-order valence-electron chi connectivity index (χ1n) is 8.45. The van der Waals surface area contributed by atoms with Gasteiger partial charge in [-0.2, -0.15) is 5.10 Å². The fourth-order valence-electron chi connectivity index (χ4n) is 2.60. The minimum Gasteiger partial charge on any atom is -0.495 e. The van der Waals surface area contributed by atoms with E-state index in [1.165, 1.54) is 18.7 Å². The summed E-state index contributed by atoms with van der Waals surface area (Å²) in [6.45, 7) is 2.55. The molecular formula is C21H20ClN3O2. The summed E-state index contributed by atoms with van der Waals surface area (Å²) in [6, 6.07) is 13.5. The molecule has 2 aromatic carbocycles. The molecule has 1 aromatic heterocycles. The van der Waals surface area contributed by atoms with Gasteiger partial charge >= 0.3 is 0 Å². The average molecular weight is 382 g/mol. The zero-order valence-corrected chi connectivity index (χ0v) is 15.9. The Labute approximate surface area is 163 Å². The highest BCUT2D eigenvalue weighted by Crippen LogP contribution is 2.30. The molecular weight excluding hydrogens is 362 g/mol. The van der Waals surface area contributed by atoms with Gasteiger partial charge in [0.15, 0.2) is 0 Å². The van der Waals surface area contributed by atoms with Crippen LogP contribution in [-0.2, 0) is 11.3 Å². The first-order valence-corrected chi connectivity index (χ1v) is 8.82. The molecule has 0 unspecified atom stereocenters. The molecule has 0 fully saturated rings. The summed E-state index contributed by atoms with van der Waals surface area (Å²) in [6.07, 6.45) is 6.80. The quantitative estimate of drug-likeness (QED) is 0.637. The van der Waals surface area contributed by atoms with E-state index >= 15 is 0 Å². The fraction of sp³-hybridized carbons (Fsp3) is 0.143. The highest BCUT2D eigenvalue weighted by molar-refractivity contribution is 6.31. The molecule has 27 heavy (non-hydrogen) atoms. The molecule has 6 heteroatoms. The van der Waals surface area contributed by atoms with E-state index in [1.807, 2.05) is 48.1 Å². The Morgan fingerprint density at radius 3 is 2.81 bits per heavy atom. The van der Waals surface area contributed by atoms with Crippen LogP contribution >= 0.6 is 11.6 Å². The van der Waals surface area contributed by atoms with E-state index in [9.17, 15) is 4.79 Å². The maximum absolute atomic E-state index is 12.2. The van der Waals surface area contributed by atoms with Crippen molar-refractivity contribution >= 4 is 29.3 Å². The summed E-state index contributed by atoms with van der Waals surface area (Å²) < 4.78 is 7.10. The molecule has 1 heterocycles. The lowest BCUT2D eigenvalue weighted by Gasteiger charge is -2.11. The van der Waals surface area contributed by atoms with Crippen molar-refractivity contribution in [3.05, 3.63) is 82.6 Å². The SMILES string of the molecule is COc1cc(Cl)c(C)cc1NC(=O)/C=C/c1cnn(Cc2ccccc2)c1. The van der Waals surface area contributed by atoms with Crippen molar-refractivity contribution in [3.63, 3.8) is 0 Å². The minimum atomic E-state index is -0.258. The fourth-order valence-corrected chi connectivity index (χ4v) is 2.75. The molecule has 3 rings (SSSR count). The molecule has 5 nitrogen and oxygen atoms in total. The monoisotopic (exact) mass is 381 g/mol. The van der Waals surface area contributed by atoms with Crippen LogP contribution in [0.2, 0.25) is 5.02 Å². The highest BCUT2D eigenvalue weighted by atomic mass is 35.5. The molecule has 0 aliphatic carbocycles. The average Bonchev–Trinajstić information content (AvgIpc) is 3.11. The van der Waals surface area contributed by atoms with Crippen LogP contribution in [0, 0.1) is 6.92 Å². The van der Waals surface area contributed by atoms with Gasteiger partial charge in [-0.05, 0) is 30.2 Å². The van der Waals surface area contributed by atoms with E-state index in [0.29, 0.717) is 23.0 Å². The van der Waals surface area contributed by atoms with Crippen LogP contribution in [0.25, 0.3) is 6.08 Å². The van der Waals surface area contributed by atoms with Gasteiger partial charge in [-0.15, -0.1) is 0 Å². The third kappa shape index (κ3) is 4.99. The number of nitrogens with one attached hydrogen (secondary N) is 1. The molecule has 0 saturated carbocycles. The number of aromatic nitrogens is 2. The molecule has 0 aliphatic rings. The van der Waals surface area contributed by atoms with Gasteiger partial charge in [-0.25, -0.2) is 0 Å². The molecule has 1 N–H and O–H groups in total. The molecule has 138 valence electrons. The molecule has 0 spiro atoms. The van der Waals surface area contributed by atoms with E-state index in [1.54, 1.807) is 24.4 Å². The second kappa shape index (κ2) is 8.56. The lowest BCUT2D eigenvalue weighted by atomic mass is 10.2. The van der Waals surface area contributed by atoms with Crippen LogP contribution in [0.3, 0.4) is 0 Å². The van der Waals surface area contributed by atoms with E-state index < -0.39 is 0 Å². The standard InChI is InChI=1S/C21H20ClN3O2/c1-15-10-19(20(27-2)11-18(15)22)24-21(26)9-8-17-12-23-25(14-17)13-16-6-4-3-5-7-16/h3-12,14H,13H2,1-2H3,(H,24,26)/b9-8+. The van der Waals surface area contributed by atoms with Crippen molar-refractivity contribution in [2.75, 3.05) is 12.4 Å². The largest absolute Gasteiger partial charge is 0.495 e. The van der Waals surface area contributed by atoms with Gasteiger partial charge in [0.2, 0.25) is 5.91 Å². The van der Waals surface area contributed by atoms with E-state index in [2.05, 4.69) is 10.4 Å². The summed E-state index contributed by atoms with van der Waals surface area (Å²) in [7, 11) is 1.54. The van der Waals surface area contributed by atoms with Crippen LogP contribution in [0.1, 0.15) is 16.7 Å². The number of rotatable bonds is 6. The number of methoxy groups -OCH3 is 1. The predicted octanol–water partition coefficient (Wildman–Crippen LogP) is 4.55. The number of carbonyl (C=O) groups is 1. The first-order chi connectivity index (χ1) is 13.0. The van der Waals surface area contributed by atoms with Crippen molar-refractivity contribution in [3.8, 4) is 5.75 Å². The van der Waals surface area contributed by atoms with Gasteiger partial charge in [0.05, 0.1) is 25.5 Å². The molecule has 0 atom stereocenters. The number of anilines is 1. The second-order valence-electron chi connectivity index (χ2n) is 6.08. The van der Waals surface area contributed by atoms with Crippen LogP contribution in [-0.4, -0.2) is 22.8 Å². The number of hydrogen-bond acceptors (Lipinski definition) is 3. The normalized spacial score (nSPS) is 10.9. The van der Waals surface area contributed by atoms with Crippen molar-refractivity contribution < 1.29 is 9.53 Å². The number of benzene rings is 2. The van der Waals surface area contributed by atoms with Gasteiger partial charge < -0.3 is 10.1 Å². The summed E-state index contributed by atoms with van der Waals surface area (Å²) in [5.41, 5.74) is 3.45. The third-order valence-electron chi connectivity index (χ3n) is 4.01. The van der Waals surface area contributed by atoms with Gasteiger partial charge in [0, 0.05) is 28.9 Å². The maximum Gasteiger partial charge on any atom is 0.248 e. The number of ether oxygens (including phenoxy) is 1.